The van der Waals surface area contributed by atoms with Crippen LogP contribution in [-0.2, 0) is 11.3 Å². The van der Waals surface area contributed by atoms with Gasteiger partial charge in [-0.15, -0.1) is 23.5 Å². The fraction of sp³-hybridized carbons (Fsp3) is 0.435. The predicted octanol–water partition coefficient (Wildman–Crippen LogP) is 4.80. The zero-order chi connectivity index (χ0) is 20.6. The number of hydrogen-bond acceptors (Lipinski definition) is 6. The van der Waals surface area contributed by atoms with E-state index in [0.717, 1.165) is 24.4 Å². The van der Waals surface area contributed by atoms with Crippen LogP contribution < -0.4 is 15.0 Å². The third-order valence-corrected chi connectivity index (χ3v) is 9.11. The first-order valence-electron chi connectivity index (χ1n) is 10.4. The quantitative estimate of drug-likeness (QED) is 0.640. The third kappa shape index (κ3) is 6.28. The van der Waals surface area contributed by atoms with E-state index < -0.39 is 0 Å². The molecule has 2 aromatic carbocycles. The molecule has 0 spiro atoms. The minimum Gasteiger partial charge on any atom is -0.484 e. The normalized spacial score (nSPS) is 17.5. The molecule has 2 saturated heterocycles. The molecule has 0 unspecified atom stereocenters. The summed E-state index contributed by atoms with van der Waals surface area (Å²) in [6, 6.07) is 16.7. The second-order valence-corrected chi connectivity index (χ2v) is 11.3. The average Bonchev–Trinajstić information content (AvgIpc) is 2.83. The monoisotopic (exact) mass is 460 g/mol. The number of ether oxygens (including phenoxy) is 1. The maximum Gasteiger partial charge on any atom is 0.258 e. The van der Waals surface area contributed by atoms with E-state index in [1.807, 2.05) is 47.4 Å². The molecule has 0 saturated carbocycles. The van der Waals surface area contributed by atoms with Gasteiger partial charge in [-0.2, -0.15) is 11.8 Å². The summed E-state index contributed by atoms with van der Waals surface area (Å²) in [6.45, 7) is 2.78. The van der Waals surface area contributed by atoms with Crippen LogP contribution in [0.5, 0.6) is 5.75 Å². The third-order valence-electron chi connectivity index (χ3n) is 5.15. The lowest BCUT2D eigenvalue weighted by atomic mass is 10.2. The highest BCUT2D eigenvalue weighted by Crippen LogP contribution is 2.43. The number of hydrogen-bond donors (Lipinski definition) is 1. The maximum absolute atomic E-state index is 12.2. The van der Waals surface area contributed by atoms with Crippen molar-refractivity contribution in [1.29, 1.82) is 0 Å². The first-order chi connectivity index (χ1) is 14.8. The zero-order valence-electron chi connectivity index (χ0n) is 17.0. The van der Waals surface area contributed by atoms with Crippen LogP contribution in [0.25, 0.3) is 0 Å². The summed E-state index contributed by atoms with van der Waals surface area (Å²) in [7, 11) is 0. The molecule has 1 amide bonds. The van der Waals surface area contributed by atoms with Crippen LogP contribution in [0.4, 0.5) is 5.69 Å². The number of thioether (sulfide) groups is 3. The Morgan fingerprint density at radius 2 is 1.67 bits per heavy atom. The van der Waals surface area contributed by atoms with Crippen molar-refractivity contribution in [3.63, 3.8) is 0 Å². The SMILES string of the molecule is O=C(COc1ccc(C2SCCCS2)cc1)NCc1ccc(N2CCSCC2)cc1. The molecule has 2 heterocycles. The fourth-order valence-corrected chi connectivity index (χ4v) is 7.25. The smallest absolute Gasteiger partial charge is 0.258 e. The number of carbonyl (C=O) groups is 1. The Hall–Kier alpha value is -1.44. The van der Waals surface area contributed by atoms with Gasteiger partial charge in [0.05, 0.1) is 4.58 Å². The number of anilines is 1. The Morgan fingerprint density at radius 3 is 2.37 bits per heavy atom. The molecular weight excluding hydrogens is 432 g/mol. The van der Waals surface area contributed by atoms with Crippen molar-refractivity contribution in [1.82, 2.24) is 5.32 Å². The van der Waals surface area contributed by atoms with Gasteiger partial charge >= 0.3 is 0 Å². The lowest BCUT2D eigenvalue weighted by molar-refractivity contribution is -0.123. The summed E-state index contributed by atoms with van der Waals surface area (Å²) in [6.07, 6.45) is 1.30. The van der Waals surface area contributed by atoms with E-state index in [4.69, 9.17) is 4.74 Å². The second-order valence-electron chi connectivity index (χ2n) is 7.33. The van der Waals surface area contributed by atoms with E-state index in [-0.39, 0.29) is 12.5 Å². The first-order valence-corrected chi connectivity index (χ1v) is 13.7. The van der Waals surface area contributed by atoms with Gasteiger partial charge in [-0.1, -0.05) is 24.3 Å². The average molecular weight is 461 g/mol. The molecule has 0 bridgehead atoms. The molecule has 1 N–H and O–H groups in total. The number of nitrogens with zero attached hydrogens (tertiary/aromatic N) is 1. The van der Waals surface area contributed by atoms with Crippen LogP contribution in [-0.4, -0.2) is 48.6 Å². The molecule has 30 heavy (non-hydrogen) atoms. The Labute approximate surface area is 191 Å². The number of nitrogens with one attached hydrogen (secondary N) is 1. The predicted molar refractivity (Wildman–Crippen MR) is 132 cm³/mol. The Kier molecular flexibility index (Phi) is 8.17. The molecule has 2 aliphatic rings. The molecule has 4 rings (SSSR count). The van der Waals surface area contributed by atoms with Gasteiger partial charge in [0.25, 0.3) is 5.91 Å². The van der Waals surface area contributed by atoms with Crippen molar-refractivity contribution >= 4 is 46.9 Å². The molecule has 2 aromatic rings. The van der Waals surface area contributed by atoms with Gasteiger partial charge in [0.1, 0.15) is 5.75 Å². The Morgan fingerprint density at radius 1 is 0.967 bits per heavy atom. The van der Waals surface area contributed by atoms with Gasteiger partial charge in [0.2, 0.25) is 0 Å². The summed E-state index contributed by atoms with van der Waals surface area (Å²) in [5.41, 5.74) is 3.70. The van der Waals surface area contributed by atoms with E-state index in [2.05, 4.69) is 46.6 Å². The number of amides is 1. The Bertz CT molecular complexity index is 735. The summed E-state index contributed by atoms with van der Waals surface area (Å²) in [5, 5.41) is 2.94. The minimum atomic E-state index is -0.102. The molecule has 0 aromatic heterocycles. The van der Waals surface area contributed by atoms with Gasteiger partial charge in [0, 0.05) is 36.8 Å². The summed E-state index contributed by atoms with van der Waals surface area (Å²) < 4.78 is 6.19. The summed E-state index contributed by atoms with van der Waals surface area (Å²) in [4.78, 5) is 14.6. The zero-order valence-corrected chi connectivity index (χ0v) is 19.5. The van der Waals surface area contributed by atoms with Gasteiger partial charge in [-0.05, 0) is 53.3 Å². The van der Waals surface area contributed by atoms with Crippen molar-refractivity contribution < 1.29 is 9.53 Å². The highest BCUT2D eigenvalue weighted by atomic mass is 32.2. The maximum atomic E-state index is 12.2. The van der Waals surface area contributed by atoms with Gasteiger partial charge in [-0.25, -0.2) is 0 Å². The van der Waals surface area contributed by atoms with Crippen LogP contribution >= 0.6 is 35.3 Å². The first kappa shape index (κ1) is 21.8. The van der Waals surface area contributed by atoms with E-state index in [1.165, 1.54) is 40.7 Å². The Balaban J connectivity index is 1.19. The molecule has 7 heteroatoms. The van der Waals surface area contributed by atoms with Crippen LogP contribution in [0, 0.1) is 0 Å². The molecule has 160 valence electrons. The van der Waals surface area contributed by atoms with E-state index in [1.54, 1.807) is 0 Å². The van der Waals surface area contributed by atoms with Gasteiger partial charge in [0.15, 0.2) is 6.61 Å². The molecule has 2 fully saturated rings. The van der Waals surface area contributed by atoms with Crippen LogP contribution in [0.3, 0.4) is 0 Å². The lowest BCUT2D eigenvalue weighted by Gasteiger charge is -2.28. The highest BCUT2D eigenvalue weighted by Gasteiger charge is 2.16. The minimum absolute atomic E-state index is 0.0375. The van der Waals surface area contributed by atoms with Gasteiger partial charge < -0.3 is 15.0 Å². The van der Waals surface area contributed by atoms with Crippen LogP contribution in [0.1, 0.15) is 22.1 Å². The van der Waals surface area contributed by atoms with Crippen molar-refractivity contribution in [3.05, 3.63) is 59.7 Å². The molecule has 0 radical (unpaired) electrons. The standard InChI is InChI=1S/C23H28N2O2S3/c26-22(17-27-21-8-4-19(5-9-21)23-29-12-1-13-30-23)24-16-18-2-6-20(7-3-18)25-10-14-28-15-11-25/h2-9,23H,1,10-17H2,(H,24,26). The molecule has 4 nitrogen and oxygen atoms in total. The van der Waals surface area contributed by atoms with Crippen LogP contribution in [0.2, 0.25) is 0 Å². The van der Waals surface area contributed by atoms with Crippen molar-refractivity contribution in [2.24, 2.45) is 0 Å². The van der Waals surface area contributed by atoms with Crippen molar-refractivity contribution in [2.75, 3.05) is 47.6 Å². The number of rotatable bonds is 7. The summed E-state index contributed by atoms with van der Waals surface area (Å²) in [5.74, 6) is 5.49. The van der Waals surface area contributed by atoms with Gasteiger partial charge in [-0.3, -0.25) is 4.79 Å². The molecular formula is C23H28N2O2S3. The van der Waals surface area contributed by atoms with E-state index in [9.17, 15) is 4.79 Å². The van der Waals surface area contributed by atoms with Crippen LogP contribution in [0.15, 0.2) is 48.5 Å². The summed E-state index contributed by atoms with van der Waals surface area (Å²) >= 11 is 6.03. The lowest BCUT2D eigenvalue weighted by Crippen LogP contribution is -2.32. The largest absolute Gasteiger partial charge is 0.484 e. The molecule has 2 aliphatic heterocycles. The van der Waals surface area contributed by atoms with Crippen molar-refractivity contribution in [3.8, 4) is 5.75 Å². The molecule has 0 atom stereocenters. The highest BCUT2D eigenvalue weighted by molar-refractivity contribution is 8.16. The van der Waals surface area contributed by atoms with E-state index in [0.29, 0.717) is 11.1 Å². The molecule has 0 aliphatic carbocycles. The van der Waals surface area contributed by atoms with Crippen molar-refractivity contribution in [2.45, 2.75) is 17.5 Å². The fourth-order valence-electron chi connectivity index (χ4n) is 3.45. The number of carbonyl (C=O) groups excluding carboxylic acids is 1. The van der Waals surface area contributed by atoms with E-state index >= 15 is 0 Å². The topological polar surface area (TPSA) is 41.6 Å². The number of benzene rings is 2. The second kappa shape index (κ2) is 11.3.